The molecule has 0 fully saturated rings. The Balaban J connectivity index is 1.94. The van der Waals surface area contributed by atoms with Crippen molar-refractivity contribution in [3.63, 3.8) is 0 Å². The van der Waals surface area contributed by atoms with Gasteiger partial charge < -0.3 is 5.11 Å². The molecule has 2 aromatic carbocycles. The lowest BCUT2D eigenvalue weighted by molar-refractivity contribution is 0.387. The Morgan fingerprint density at radius 2 is 1.84 bits per heavy atom. The molecule has 1 N–H and O–H groups in total. The molecule has 2 aromatic rings. The quantitative estimate of drug-likeness (QED) is 0.891. The third-order valence-corrected chi connectivity index (χ3v) is 6.23. The monoisotopic (exact) mass is 360 g/mol. The van der Waals surface area contributed by atoms with Crippen molar-refractivity contribution in [1.82, 2.24) is 4.31 Å². The average Bonchev–Trinajstić information content (AvgIpc) is 2.59. The standard InChI is InChI=1S/C19H24N2O3S/c1-15(2)13-21(18-8-5-9-19(22)12-18)25(23,24)20-11-10-16-6-3-4-7-17(16)14-20/h3-9,12,15,22H,10-11,13-14H2,1-2H3. The van der Waals surface area contributed by atoms with Crippen LogP contribution in [-0.2, 0) is 23.2 Å². The summed E-state index contributed by atoms with van der Waals surface area (Å²) in [7, 11) is -3.68. The summed E-state index contributed by atoms with van der Waals surface area (Å²) in [5.74, 6) is 0.222. The van der Waals surface area contributed by atoms with E-state index in [2.05, 4.69) is 6.07 Å². The van der Waals surface area contributed by atoms with Gasteiger partial charge in [0.1, 0.15) is 5.75 Å². The van der Waals surface area contributed by atoms with Gasteiger partial charge in [0.2, 0.25) is 0 Å². The molecule has 25 heavy (non-hydrogen) atoms. The summed E-state index contributed by atoms with van der Waals surface area (Å²) < 4.78 is 29.6. The molecule has 0 saturated heterocycles. The Morgan fingerprint density at radius 1 is 1.12 bits per heavy atom. The van der Waals surface area contributed by atoms with Crippen LogP contribution in [0.1, 0.15) is 25.0 Å². The second-order valence-electron chi connectivity index (χ2n) is 6.80. The molecule has 6 heteroatoms. The Morgan fingerprint density at radius 3 is 2.52 bits per heavy atom. The minimum atomic E-state index is -3.68. The number of aromatic hydroxyl groups is 1. The second kappa shape index (κ2) is 7.06. The van der Waals surface area contributed by atoms with Crippen LogP contribution in [0.25, 0.3) is 0 Å². The molecule has 1 aliphatic heterocycles. The van der Waals surface area contributed by atoms with Crippen molar-refractivity contribution in [3.8, 4) is 5.75 Å². The van der Waals surface area contributed by atoms with Gasteiger partial charge in [-0.05, 0) is 35.6 Å². The lowest BCUT2D eigenvalue weighted by Gasteiger charge is -2.35. The van der Waals surface area contributed by atoms with E-state index in [9.17, 15) is 13.5 Å². The molecule has 0 bridgehead atoms. The summed E-state index contributed by atoms with van der Waals surface area (Å²) in [4.78, 5) is 0. The van der Waals surface area contributed by atoms with Gasteiger partial charge in [-0.1, -0.05) is 44.2 Å². The highest BCUT2D eigenvalue weighted by Crippen LogP contribution is 2.28. The van der Waals surface area contributed by atoms with E-state index in [-0.39, 0.29) is 11.7 Å². The van der Waals surface area contributed by atoms with Crippen LogP contribution in [0.15, 0.2) is 48.5 Å². The molecule has 0 amide bonds. The highest BCUT2D eigenvalue weighted by Gasteiger charge is 2.33. The summed E-state index contributed by atoms with van der Waals surface area (Å²) in [6.07, 6.45) is 0.713. The Labute approximate surface area is 149 Å². The molecule has 3 rings (SSSR count). The Bertz CT molecular complexity index is 849. The van der Waals surface area contributed by atoms with Crippen molar-refractivity contribution in [1.29, 1.82) is 0 Å². The normalized spacial score (nSPS) is 15.2. The first-order valence-electron chi connectivity index (χ1n) is 8.51. The Kier molecular flexibility index (Phi) is 5.01. The summed E-state index contributed by atoms with van der Waals surface area (Å²) in [5.41, 5.74) is 2.76. The zero-order valence-corrected chi connectivity index (χ0v) is 15.4. The summed E-state index contributed by atoms with van der Waals surface area (Å²) in [5, 5.41) is 9.77. The molecule has 134 valence electrons. The van der Waals surface area contributed by atoms with E-state index in [1.54, 1.807) is 18.2 Å². The first kappa shape index (κ1) is 17.8. The molecule has 0 aliphatic carbocycles. The zero-order chi connectivity index (χ0) is 18.0. The molecule has 0 atom stereocenters. The van der Waals surface area contributed by atoms with Crippen molar-refractivity contribution in [2.45, 2.75) is 26.8 Å². The number of fused-ring (bicyclic) bond motifs is 1. The van der Waals surface area contributed by atoms with Crippen molar-refractivity contribution in [2.24, 2.45) is 5.92 Å². The van der Waals surface area contributed by atoms with Crippen LogP contribution in [0.2, 0.25) is 0 Å². The van der Waals surface area contributed by atoms with Crippen molar-refractivity contribution in [3.05, 3.63) is 59.7 Å². The van der Waals surface area contributed by atoms with Gasteiger partial charge in [-0.3, -0.25) is 4.31 Å². The lowest BCUT2D eigenvalue weighted by atomic mass is 10.0. The number of anilines is 1. The van der Waals surface area contributed by atoms with E-state index in [1.807, 2.05) is 32.0 Å². The van der Waals surface area contributed by atoms with E-state index in [4.69, 9.17) is 0 Å². The van der Waals surface area contributed by atoms with Crippen molar-refractivity contribution < 1.29 is 13.5 Å². The largest absolute Gasteiger partial charge is 0.508 e. The van der Waals surface area contributed by atoms with Gasteiger partial charge in [-0.2, -0.15) is 12.7 Å². The molecule has 0 radical (unpaired) electrons. The van der Waals surface area contributed by atoms with Crippen LogP contribution in [-0.4, -0.2) is 30.9 Å². The maximum Gasteiger partial charge on any atom is 0.304 e. The molecule has 1 aliphatic rings. The summed E-state index contributed by atoms with van der Waals surface area (Å²) in [6, 6.07) is 14.4. The smallest absolute Gasteiger partial charge is 0.304 e. The second-order valence-corrected chi connectivity index (χ2v) is 8.66. The molecule has 0 spiro atoms. The third kappa shape index (κ3) is 3.80. The maximum absolute atomic E-state index is 13.3. The fourth-order valence-electron chi connectivity index (χ4n) is 3.12. The van der Waals surface area contributed by atoms with Gasteiger partial charge in [-0.25, -0.2) is 0 Å². The topological polar surface area (TPSA) is 60.9 Å². The van der Waals surface area contributed by atoms with Crippen LogP contribution >= 0.6 is 0 Å². The fraction of sp³-hybridized carbons (Fsp3) is 0.368. The van der Waals surface area contributed by atoms with Crippen molar-refractivity contribution >= 4 is 15.9 Å². The number of hydrogen-bond donors (Lipinski definition) is 1. The van der Waals surface area contributed by atoms with Gasteiger partial charge in [-0.15, -0.1) is 0 Å². The Hall–Kier alpha value is -2.05. The highest BCUT2D eigenvalue weighted by atomic mass is 32.2. The van der Waals surface area contributed by atoms with Crippen LogP contribution < -0.4 is 4.31 Å². The number of benzene rings is 2. The number of nitrogens with zero attached hydrogens (tertiary/aromatic N) is 2. The van der Waals surface area contributed by atoms with E-state index in [0.717, 1.165) is 5.56 Å². The van der Waals surface area contributed by atoms with Crippen LogP contribution in [0.3, 0.4) is 0 Å². The zero-order valence-electron chi connectivity index (χ0n) is 14.6. The predicted octanol–water partition coefficient (Wildman–Crippen LogP) is 3.16. The highest BCUT2D eigenvalue weighted by molar-refractivity contribution is 7.90. The van der Waals surface area contributed by atoms with E-state index >= 15 is 0 Å². The van der Waals surface area contributed by atoms with Gasteiger partial charge >= 0.3 is 10.2 Å². The maximum atomic E-state index is 13.3. The van der Waals surface area contributed by atoms with E-state index in [1.165, 1.54) is 20.2 Å². The molecule has 0 aromatic heterocycles. The van der Waals surface area contributed by atoms with Gasteiger partial charge in [0.15, 0.2) is 0 Å². The molecule has 0 unspecified atom stereocenters. The minimum Gasteiger partial charge on any atom is -0.508 e. The number of hydrogen-bond acceptors (Lipinski definition) is 3. The summed E-state index contributed by atoms with van der Waals surface area (Å²) >= 11 is 0. The van der Waals surface area contributed by atoms with E-state index < -0.39 is 10.2 Å². The summed E-state index contributed by atoms with van der Waals surface area (Å²) in [6.45, 7) is 5.18. The molecule has 1 heterocycles. The molecule has 0 saturated carbocycles. The first-order valence-corrected chi connectivity index (χ1v) is 9.91. The average molecular weight is 360 g/mol. The number of phenols is 1. The molecule has 5 nitrogen and oxygen atoms in total. The van der Waals surface area contributed by atoms with E-state index in [0.29, 0.717) is 31.7 Å². The van der Waals surface area contributed by atoms with Crippen LogP contribution in [0.4, 0.5) is 5.69 Å². The third-order valence-electron chi connectivity index (χ3n) is 4.35. The minimum absolute atomic E-state index is 0.0606. The molecular weight excluding hydrogens is 336 g/mol. The van der Waals surface area contributed by atoms with Crippen LogP contribution in [0.5, 0.6) is 5.75 Å². The fourth-order valence-corrected chi connectivity index (χ4v) is 4.89. The van der Waals surface area contributed by atoms with Gasteiger partial charge in [0.05, 0.1) is 5.69 Å². The van der Waals surface area contributed by atoms with Gasteiger partial charge in [0, 0.05) is 25.7 Å². The first-order chi connectivity index (χ1) is 11.9. The molecular formula is C19H24N2O3S. The SMILES string of the molecule is CC(C)CN(c1cccc(O)c1)S(=O)(=O)N1CCc2ccccc2C1. The number of phenolic OH excluding ortho intramolecular Hbond substituents is 1. The van der Waals surface area contributed by atoms with Crippen molar-refractivity contribution in [2.75, 3.05) is 17.4 Å². The lowest BCUT2D eigenvalue weighted by Crippen LogP contribution is -2.47. The van der Waals surface area contributed by atoms with Gasteiger partial charge in [0.25, 0.3) is 0 Å². The predicted molar refractivity (Wildman–Crippen MR) is 99.8 cm³/mol. The van der Waals surface area contributed by atoms with Crippen LogP contribution in [0, 0.1) is 5.92 Å². The number of rotatable bonds is 5.